The maximum Gasteiger partial charge on any atom is 0.271 e. The highest BCUT2D eigenvalue weighted by atomic mass is 16.3. The summed E-state index contributed by atoms with van der Waals surface area (Å²) in [6.07, 6.45) is 4.08. The standard InChI is InChI=1S/C11H10N6O2/c1-7-8(3-12)10(18)16(2)11(19)9(7)4-15-17-5-13-14-6-17/h4-6,19H,1-2H3/b15-4+. The first-order valence-corrected chi connectivity index (χ1v) is 5.28. The van der Waals surface area contributed by atoms with Crippen LogP contribution in [0.15, 0.2) is 22.6 Å². The zero-order chi connectivity index (χ0) is 14.0. The summed E-state index contributed by atoms with van der Waals surface area (Å²) in [5.74, 6) is -0.252. The van der Waals surface area contributed by atoms with Crippen LogP contribution in [0.25, 0.3) is 0 Å². The van der Waals surface area contributed by atoms with Gasteiger partial charge in [-0.05, 0) is 12.5 Å². The number of nitriles is 1. The Kier molecular flexibility index (Phi) is 3.12. The Labute approximate surface area is 107 Å². The predicted octanol–water partition coefficient (Wildman–Crippen LogP) is -0.255. The fourth-order valence-corrected chi connectivity index (χ4v) is 1.57. The van der Waals surface area contributed by atoms with E-state index >= 15 is 0 Å². The highest BCUT2D eigenvalue weighted by Crippen LogP contribution is 2.18. The van der Waals surface area contributed by atoms with Gasteiger partial charge in [-0.2, -0.15) is 10.4 Å². The SMILES string of the molecule is Cc1c(/C=N/n2cnnc2)c(O)n(C)c(=O)c1C#N. The van der Waals surface area contributed by atoms with Crippen LogP contribution < -0.4 is 5.56 Å². The topological polar surface area (TPSA) is 109 Å². The normalized spacial score (nSPS) is 10.8. The molecule has 1 N–H and O–H groups in total. The molecule has 8 nitrogen and oxygen atoms in total. The molecule has 0 atom stereocenters. The van der Waals surface area contributed by atoms with E-state index in [1.807, 2.05) is 6.07 Å². The minimum absolute atomic E-state index is 0.0227. The largest absolute Gasteiger partial charge is 0.494 e. The van der Waals surface area contributed by atoms with Crippen LogP contribution in [0, 0.1) is 18.3 Å². The van der Waals surface area contributed by atoms with E-state index in [-0.39, 0.29) is 11.4 Å². The van der Waals surface area contributed by atoms with Crippen LogP contribution in [0.5, 0.6) is 5.88 Å². The summed E-state index contributed by atoms with van der Waals surface area (Å²) in [6.45, 7) is 1.58. The molecule has 0 bridgehead atoms. The summed E-state index contributed by atoms with van der Waals surface area (Å²) < 4.78 is 2.33. The third kappa shape index (κ3) is 2.09. The van der Waals surface area contributed by atoms with Crippen molar-refractivity contribution in [2.75, 3.05) is 0 Å². The van der Waals surface area contributed by atoms with Crippen LogP contribution in [0.1, 0.15) is 16.7 Å². The van der Waals surface area contributed by atoms with E-state index in [4.69, 9.17) is 5.26 Å². The van der Waals surface area contributed by atoms with Gasteiger partial charge < -0.3 is 5.11 Å². The molecule has 0 saturated heterocycles. The molecule has 19 heavy (non-hydrogen) atoms. The van der Waals surface area contributed by atoms with E-state index in [2.05, 4.69) is 15.3 Å². The molecule has 0 radical (unpaired) electrons. The van der Waals surface area contributed by atoms with Gasteiger partial charge in [0.2, 0.25) is 5.88 Å². The smallest absolute Gasteiger partial charge is 0.271 e. The average Bonchev–Trinajstić information content (AvgIpc) is 2.90. The number of aromatic hydroxyl groups is 1. The van der Waals surface area contributed by atoms with Gasteiger partial charge in [-0.1, -0.05) is 0 Å². The van der Waals surface area contributed by atoms with Crippen molar-refractivity contribution in [3.8, 4) is 11.9 Å². The molecule has 0 unspecified atom stereocenters. The first-order valence-electron chi connectivity index (χ1n) is 5.28. The molecule has 0 amide bonds. The molecule has 0 fully saturated rings. The maximum atomic E-state index is 11.7. The van der Waals surface area contributed by atoms with Crippen LogP contribution in [-0.4, -0.2) is 30.8 Å². The minimum Gasteiger partial charge on any atom is -0.494 e. The van der Waals surface area contributed by atoms with Gasteiger partial charge in [0.25, 0.3) is 5.56 Å². The highest BCUT2D eigenvalue weighted by molar-refractivity contribution is 5.85. The van der Waals surface area contributed by atoms with Gasteiger partial charge >= 0.3 is 0 Å². The summed E-state index contributed by atoms with van der Waals surface area (Å²) in [6, 6.07) is 1.83. The van der Waals surface area contributed by atoms with E-state index in [1.54, 1.807) is 6.92 Å². The van der Waals surface area contributed by atoms with Gasteiger partial charge in [0.05, 0.1) is 11.8 Å². The van der Waals surface area contributed by atoms with Crippen molar-refractivity contribution >= 4 is 6.21 Å². The van der Waals surface area contributed by atoms with Gasteiger partial charge in [-0.3, -0.25) is 9.36 Å². The molecule has 0 spiro atoms. The second-order valence-electron chi connectivity index (χ2n) is 3.80. The Hall–Kier alpha value is -2.95. The lowest BCUT2D eigenvalue weighted by atomic mass is 10.1. The number of pyridine rings is 1. The van der Waals surface area contributed by atoms with Crippen LogP contribution in [0.2, 0.25) is 0 Å². The molecule has 2 heterocycles. The van der Waals surface area contributed by atoms with Crippen LogP contribution in [0.4, 0.5) is 0 Å². The second kappa shape index (κ2) is 4.73. The van der Waals surface area contributed by atoms with Crippen LogP contribution >= 0.6 is 0 Å². The molecule has 2 rings (SSSR count). The molecule has 2 aromatic rings. The minimum atomic E-state index is -0.543. The van der Waals surface area contributed by atoms with Crippen LogP contribution in [0.3, 0.4) is 0 Å². The summed E-state index contributed by atoms with van der Waals surface area (Å²) in [5, 5.41) is 30.0. The van der Waals surface area contributed by atoms with Crippen molar-refractivity contribution in [3.05, 3.63) is 39.7 Å². The molecule has 0 aliphatic carbocycles. The second-order valence-corrected chi connectivity index (χ2v) is 3.80. The molecule has 2 aromatic heterocycles. The Balaban J connectivity index is 2.61. The van der Waals surface area contributed by atoms with E-state index in [9.17, 15) is 9.90 Å². The first kappa shape index (κ1) is 12.5. The molecular formula is C11H10N6O2. The van der Waals surface area contributed by atoms with Crippen molar-refractivity contribution in [1.29, 1.82) is 5.26 Å². The quantitative estimate of drug-likeness (QED) is 0.746. The molecule has 96 valence electrons. The average molecular weight is 258 g/mol. The molecule has 0 aliphatic rings. The number of aromatic nitrogens is 4. The summed E-state index contributed by atoms with van der Waals surface area (Å²) in [7, 11) is 1.38. The molecule has 0 aliphatic heterocycles. The molecule has 0 saturated carbocycles. The van der Waals surface area contributed by atoms with E-state index < -0.39 is 5.56 Å². The van der Waals surface area contributed by atoms with E-state index in [0.717, 1.165) is 4.57 Å². The van der Waals surface area contributed by atoms with Gasteiger partial charge in [0, 0.05) is 7.05 Å². The van der Waals surface area contributed by atoms with Crippen molar-refractivity contribution in [2.45, 2.75) is 6.92 Å². The lowest BCUT2D eigenvalue weighted by Crippen LogP contribution is -2.22. The van der Waals surface area contributed by atoms with E-state index in [1.165, 1.54) is 30.6 Å². The molecule has 0 aromatic carbocycles. The number of hydrogen-bond acceptors (Lipinski definition) is 6. The van der Waals surface area contributed by atoms with Gasteiger partial charge in [0.15, 0.2) is 0 Å². The summed E-state index contributed by atoms with van der Waals surface area (Å²) in [5.41, 5.74) is 0.108. The predicted molar refractivity (Wildman–Crippen MR) is 65.8 cm³/mol. The highest BCUT2D eigenvalue weighted by Gasteiger charge is 2.15. The van der Waals surface area contributed by atoms with Gasteiger partial charge in [-0.25, -0.2) is 4.68 Å². The van der Waals surface area contributed by atoms with Crippen molar-refractivity contribution in [1.82, 2.24) is 19.4 Å². The van der Waals surface area contributed by atoms with Crippen molar-refractivity contribution in [3.63, 3.8) is 0 Å². The van der Waals surface area contributed by atoms with Crippen molar-refractivity contribution < 1.29 is 5.11 Å². The first-order chi connectivity index (χ1) is 9.06. The lowest BCUT2D eigenvalue weighted by Gasteiger charge is -2.09. The van der Waals surface area contributed by atoms with Crippen molar-refractivity contribution in [2.24, 2.45) is 12.1 Å². The Morgan fingerprint density at radius 1 is 1.47 bits per heavy atom. The monoisotopic (exact) mass is 258 g/mol. The number of hydrogen-bond donors (Lipinski definition) is 1. The zero-order valence-electron chi connectivity index (χ0n) is 10.3. The third-order valence-electron chi connectivity index (χ3n) is 2.69. The number of nitrogens with zero attached hydrogens (tertiary/aromatic N) is 6. The fraction of sp³-hybridized carbons (Fsp3) is 0.182. The summed E-state index contributed by atoms with van der Waals surface area (Å²) in [4.78, 5) is 11.7. The zero-order valence-corrected chi connectivity index (χ0v) is 10.3. The van der Waals surface area contributed by atoms with Gasteiger partial charge in [-0.15, -0.1) is 10.2 Å². The Morgan fingerprint density at radius 3 is 2.68 bits per heavy atom. The summed E-state index contributed by atoms with van der Waals surface area (Å²) >= 11 is 0. The van der Waals surface area contributed by atoms with E-state index in [0.29, 0.717) is 11.1 Å². The Morgan fingerprint density at radius 2 is 2.11 bits per heavy atom. The maximum absolute atomic E-state index is 11.7. The molecule has 8 heteroatoms. The fourth-order valence-electron chi connectivity index (χ4n) is 1.57. The van der Waals surface area contributed by atoms with Crippen LogP contribution in [-0.2, 0) is 7.05 Å². The van der Waals surface area contributed by atoms with Gasteiger partial charge in [0.1, 0.15) is 24.3 Å². The third-order valence-corrected chi connectivity index (χ3v) is 2.69. The number of rotatable bonds is 2. The lowest BCUT2D eigenvalue weighted by molar-refractivity contribution is 0.421. The Bertz CT molecular complexity index is 736. The molecular weight excluding hydrogens is 248 g/mol.